The number of aromatic nitrogens is 2. The van der Waals surface area contributed by atoms with Crippen molar-refractivity contribution in [1.29, 1.82) is 0 Å². The van der Waals surface area contributed by atoms with Gasteiger partial charge in [-0.2, -0.15) is 0 Å². The van der Waals surface area contributed by atoms with Gasteiger partial charge in [-0.1, -0.05) is 0 Å². The van der Waals surface area contributed by atoms with E-state index in [9.17, 15) is 9.59 Å². The molecule has 0 radical (unpaired) electrons. The molecule has 0 aliphatic carbocycles. The number of nitrogens with zero attached hydrogens (tertiary/aromatic N) is 4. The summed E-state index contributed by atoms with van der Waals surface area (Å²) in [5, 5.41) is 0. The maximum absolute atomic E-state index is 12.8. The van der Waals surface area contributed by atoms with Crippen LogP contribution in [0.15, 0.2) is 24.5 Å². The maximum atomic E-state index is 12.8. The Hall–Kier alpha value is -2.50. The van der Waals surface area contributed by atoms with Crippen molar-refractivity contribution in [3.63, 3.8) is 0 Å². The fourth-order valence-corrected chi connectivity index (χ4v) is 3.76. The van der Waals surface area contributed by atoms with Crippen LogP contribution in [-0.2, 0) is 36.5 Å². The molecule has 2 amide bonds. The zero-order valence-electron chi connectivity index (χ0n) is 16.9. The van der Waals surface area contributed by atoms with Gasteiger partial charge in [0.15, 0.2) is 0 Å². The fraction of sp³-hybridized carbons (Fsp3) is 0.524. The van der Waals surface area contributed by atoms with Gasteiger partial charge in [-0.3, -0.25) is 9.59 Å². The standard InChI is InChI=1S/C21H30N4O2/c1-16-12-19(17(2)23(16)4)14-21(27)25-8-5-7-24(10-11-25)20(26)13-18-6-9-22(3)15-18/h6,9,12,15H,5,7-8,10-11,13-14H2,1-4H3. The third-order valence-electron chi connectivity index (χ3n) is 5.67. The molecule has 1 saturated heterocycles. The first-order valence-corrected chi connectivity index (χ1v) is 9.63. The first-order chi connectivity index (χ1) is 12.8. The highest BCUT2D eigenvalue weighted by molar-refractivity contribution is 5.80. The molecule has 0 unspecified atom stereocenters. The van der Waals surface area contributed by atoms with E-state index < -0.39 is 0 Å². The van der Waals surface area contributed by atoms with E-state index in [1.165, 1.54) is 5.69 Å². The monoisotopic (exact) mass is 370 g/mol. The van der Waals surface area contributed by atoms with E-state index in [0.29, 0.717) is 25.9 Å². The molecule has 2 aromatic rings. The maximum Gasteiger partial charge on any atom is 0.227 e. The van der Waals surface area contributed by atoms with Crippen molar-refractivity contribution in [3.8, 4) is 0 Å². The topological polar surface area (TPSA) is 50.5 Å². The number of hydrogen-bond donors (Lipinski definition) is 0. The molecular weight excluding hydrogens is 340 g/mol. The lowest BCUT2D eigenvalue weighted by molar-refractivity contribution is -0.132. The molecule has 0 atom stereocenters. The van der Waals surface area contributed by atoms with Crippen molar-refractivity contribution in [3.05, 3.63) is 47.0 Å². The van der Waals surface area contributed by atoms with E-state index in [-0.39, 0.29) is 11.8 Å². The van der Waals surface area contributed by atoms with E-state index in [2.05, 4.69) is 24.5 Å². The number of hydrogen-bond acceptors (Lipinski definition) is 2. The highest BCUT2D eigenvalue weighted by Crippen LogP contribution is 2.16. The second-order valence-electron chi connectivity index (χ2n) is 7.61. The Kier molecular flexibility index (Phi) is 5.73. The highest BCUT2D eigenvalue weighted by Gasteiger charge is 2.23. The van der Waals surface area contributed by atoms with E-state index in [1.54, 1.807) is 0 Å². The molecule has 146 valence electrons. The van der Waals surface area contributed by atoms with E-state index in [1.807, 2.05) is 46.9 Å². The first-order valence-electron chi connectivity index (χ1n) is 9.63. The summed E-state index contributed by atoms with van der Waals surface area (Å²) in [6.07, 6.45) is 5.64. The minimum Gasteiger partial charge on any atom is -0.357 e. The van der Waals surface area contributed by atoms with Crippen LogP contribution in [0.5, 0.6) is 0 Å². The first kappa shape index (κ1) is 19.3. The van der Waals surface area contributed by atoms with Crippen LogP contribution in [0, 0.1) is 13.8 Å². The van der Waals surface area contributed by atoms with Gasteiger partial charge in [-0.25, -0.2) is 0 Å². The Morgan fingerprint density at radius 2 is 1.59 bits per heavy atom. The molecule has 1 aliphatic heterocycles. The van der Waals surface area contributed by atoms with Gasteiger partial charge in [0.2, 0.25) is 11.8 Å². The van der Waals surface area contributed by atoms with Gasteiger partial charge >= 0.3 is 0 Å². The Morgan fingerprint density at radius 3 is 2.11 bits per heavy atom. The van der Waals surface area contributed by atoms with Crippen LogP contribution in [0.4, 0.5) is 0 Å². The molecule has 6 nitrogen and oxygen atoms in total. The van der Waals surface area contributed by atoms with E-state index in [0.717, 1.165) is 36.3 Å². The molecule has 1 aliphatic rings. The summed E-state index contributed by atoms with van der Waals surface area (Å²) in [5.74, 6) is 0.297. The summed E-state index contributed by atoms with van der Waals surface area (Å²) in [6.45, 7) is 6.79. The van der Waals surface area contributed by atoms with Gasteiger partial charge in [0, 0.05) is 64.1 Å². The molecule has 0 bridgehead atoms. The normalized spacial score (nSPS) is 15.1. The van der Waals surface area contributed by atoms with E-state index >= 15 is 0 Å². The number of carbonyl (C=O) groups excluding carboxylic acids is 2. The third-order valence-corrected chi connectivity index (χ3v) is 5.67. The van der Waals surface area contributed by atoms with E-state index in [4.69, 9.17) is 0 Å². The highest BCUT2D eigenvalue weighted by atomic mass is 16.2. The van der Waals surface area contributed by atoms with Gasteiger partial charge in [-0.15, -0.1) is 0 Å². The van der Waals surface area contributed by atoms with Crippen LogP contribution in [0.3, 0.4) is 0 Å². The number of aryl methyl sites for hydroxylation is 2. The predicted octanol–water partition coefficient (Wildman–Crippen LogP) is 1.83. The van der Waals surface area contributed by atoms with Crippen LogP contribution in [0.2, 0.25) is 0 Å². The van der Waals surface area contributed by atoms with Gasteiger partial charge in [-0.05, 0) is 43.5 Å². The average molecular weight is 370 g/mol. The van der Waals surface area contributed by atoms with Gasteiger partial charge < -0.3 is 18.9 Å². The minimum absolute atomic E-state index is 0.144. The van der Waals surface area contributed by atoms with Gasteiger partial charge in [0.1, 0.15) is 0 Å². The van der Waals surface area contributed by atoms with Crippen molar-refractivity contribution < 1.29 is 9.59 Å². The van der Waals surface area contributed by atoms with Crippen molar-refractivity contribution in [2.45, 2.75) is 33.1 Å². The largest absolute Gasteiger partial charge is 0.357 e. The minimum atomic E-state index is 0.144. The van der Waals surface area contributed by atoms with Gasteiger partial charge in [0.25, 0.3) is 0 Å². The van der Waals surface area contributed by atoms with Crippen molar-refractivity contribution in [1.82, 2.24) is 18.9 Å². The van der Waals surface area contributed by atoms with Crippen LogP contribution in [-0.4, -0.2) is 56.9 Å². The molecular formula is C21H30N4O2. The Bertz CT molecular complexity index is 833. The van der Waals surface area contributed by atoms with Crippen LogP contribution >= 0.6 is 0 Å². The van der Waals surface area contributed by atoms with Crippen LogP contribution < -0.4 is 0 Å². The lowest BCUT2D eigenvalue weighted by atomic mass is 10.1. The number of amides is 2. The lowest BCUT2D eigenvalue weighted by Crippen LogP contribution is -2.38. The molecule has 1 fully saturated rings. The summed E-state index contributed by atoms with van der Waals surface area (Å²) >= 11 is 0. The third kappa shape index (κ3) is 4.43. The van der Waals surface area contributed by atoms with Crippen molar-refractivity contribution in [2.24, 2.45) is 14.1 Å². The zero-order chi connectivity index (χ0) is 19.6. The summed E-state index contributed by atoms with van der Waals surface area (Å²) in [5.41, 5.74) is 4.45. The lowest BCUT2D eigenvalue weighted by Gasteiger charge is -2.22. The molecule has 3 rings (SSSR count). The summed E-state index contributed by atoms with van der Waals surface area (Å²) < 4.78 is 4.08. The second-order valence-corrected chi connectivity index (χ2v) is 7.61. The molecule has 6 heteroatoms. The quantitative estimate of drug-likeness (QED) is 0.824. The molecule has 3 heterocycles. The SMILES string of the molecule is Cc1cc(CC(=O)N2CCCN(C(=O)Cc3ccn(C)c3)CC2)c(C)n1C. The predicted molar refractivity (Wildman–Crippen MR) is 105 cm³/mol. The van der Waals surface area contributed by atoms with Crippen molar-refractivity contribution in [2.75, 3.05) is 26.2 Å². The summed E-state index contributed by atoms with van der Waals surface area (Å²) in [7, 11) is 3.99. The molecule has 2 aromatic heterocycles. The molecule has 0 spiro atoms. The molecule has 0 saturated carbocycles. The number of rotatable bonds is 4. The fourth-order valence-electron chi connectivity index (χ4n) is 3.76. The van der Waals surface area contributed by atoms with Crippen LogP contribution in [0.1, 0.15) is 28.9 Å². The second kappa shape index (κ2) is 8.03. The van der Waals surface area contributed by atoms with Crippen molar-refractivity contribution >= 4 is 11.8 Å². The Balaban J connectivity index is 1.56. The molecule has 0 aromatic carbocycles. The number of carbonyl (C=O) groups is 2. The molecule has 0 N–H and O–H groups in total. The Labute approximate surface area is 161 Å². The van der Waals surface area contributed by atoms with Crippen LogP contribution in [0.25, 0.3) is 0 Å². The van der Waals surface area contributed by atoms with Gasteiger partial charge in [0.05, 0.1) is 12.8 Å². The average Bonchev–Trinajstić information content (AvgIpc) is 3.02. The summed E-state index contributed by atoms with van der Waals surface area (Å²) in [4.78, 5) is 29.2. The molecule has 27 heavy (non-hydrogen) atoms. The smallest absolute Gasteiger partial charge is 0.227 e. The summed E-state index contributed by atoms with van der Waals surface area (Å²) in [6, 6.07) is 4.08. The Morgan fingerprint density at radius 1 is 0.963 bits per heavy atom. The zero-order valence-corrected chi connectivity index (χ0v) is 16.9.